The number of unbranched alkanes of at least 4 members (excludes halogenated alkanes) is 1. The van der Waals surface area contributed by atoms with Crippen molar-refractivity contribution >= 4 is 8.32 Å². The SMILES string of the molecule is CC(C)(CO[Si](C)(C)C(C)(C)C)C(O)CCCCO. The molecule has 0 rings (SSSR count). The largest absolute Gasteiger partial charge is 0.416 e. The standard InChI is InChI=1S/C15H34O3Si/c1-14(2,3)19(6,7)18-12-15(4,5)13(17)10-8-9-11-16/h13,16-17H,8-12H2,1-7H3. The molecule has 0 aromatic carbocycles. The summed E-state index contributed by atoms with van der Waals surface area (Å²) in [5, 5.41) is 19.2. The van der Waals surface area contributed by atoms with Crippen LogP contribution in [0.5, 0.6) is 0 Å². The number of aliphatic hydroxyl groups is 2. The maximum atomic E-state index is 10.3. The Morgan fingerprint density at radius 1 is 1.05 bits per heavy atom. The fourth-order valence-electron chi connectivity index (χ4n) is 1.52. The van der Waals surface area contributed by atoms with E-state index < -0.39 is 8.32 Å². The van der Waals surface area contributed by atoms with Gasteiger partial charge in [-0.25, -0.2) is 0 Å². The van der Waals surface area contributed by atoms with Crippen LogP contribution in [0, 0.1) is 5.41 Å². The summed E-state index contributed by atoms with van der Waals surface area (Å²) in [5.74, 6) is 0. The zero-order chi connectivity index (χ0) is 15.3. The van der Waals surface area contributed by atoms with E-state index >= 15 is 0 Å². The Bertz CT molecular complexity index is 257. The summed E-state index contributed by atoms with van der Waals surface area (Å²) in [5.41, 5.74) is -0.231. The van der Waals surface area contributed by atoms with Crippen LogP contribution in [-0.2, 0) is 4.43 Å². The van der Waals surface area contributed by atoms with E-state index in [2.05, 4.69) is 47.7 Å². The molecule has 0 aliphatic heterocycles. The highest BCUT2D eigenvalue weighted by molar-refractivity contribution is 6.74. The molecule has 0 radical (unpaired) electrons. The molecule has 0 bridgehead atoms. The Kier molecular flexibility index (Phi) is 7.24. The first-order valence-electron chi connectivity index (χ1n) is 7.37. The molecule has 0 spiro atoms. The second-order valence-corrected chi connectivity index (χ2v) is 12.6. The van der Waals surface area contributed by atoms with Crippen molar-refractivity contribution in [2.75, 3.05) is 13.2 Å². The van der Waals surface area contributed by atoms with Crippen molar-refractivity contribution in [2.24, 2.45) is 5.41 Å². The maximum Gasteiger partial charge on any atom is 0.192 e. The van der Waals surface area contributed by atoms with Gasteiger partial charge in [0, 0.05) is 18.6 Å². The molecule has 1 unspecified atom stereocenters. The minimum absolute atomic E-state index is 0.199. The summed E-state index contributed by atoms with van der Waals surface area (Å²) >= 11 is 0. The van der Waals surface area contributed by atoms with Crippen molar-refractivity contribution in [3.8, 4) is 0 Å². The van der Waals surface area contributed by atoms with Crippen LogP contribution in [0.4, 0.5) is 0 Å². The third-order valence-corrected chi connectivity index (χ3v) is 8.88. The lowest BCUT2D eigenvalue weighted by Gasteiger charge is -2.40. The van der Waals surface area contributed by atoms with Crippen LogP contribution in [0.15, 0.2) is 0 Å². The topological polar surface area (TPSA) is 49.7 Å². The molecule has 2 N–H and O–H groups in total. The molecule has 116 valence electrons. The van der Waals surface area contributed by atoms with Crippen molar-refractivity contribution in [2.45, 2.75) is 78.1 Å². The van der Waals surface area contributed by atoms with Gasteiger partial charge in [0.2, 0.25) is 0 Å². The maximum absolute atomic E-state index is 10.3. The summed E-state index contributed by atoms with van der Waals surface area (Å²) in [4.78, 5) is 0. The monoisotopic (exact) mass is 290 g/mol. The van der Waals surface area contributed by atoms with Gasteiger partial charge < -0.3 is 14.6 Å². The average Bonchev–Trinajstić information content (AvgIpc) is 2.25. The van der Waals surface area contributed by atoms with Crippen molar-refractivity contribution in [3.05, 3.63) is 0 Å². The second kappa shape index (κ2) is 7.20. The molecule has 0 aliphatic rings. The van der Waals surface area contributed by atoms with Gasteiger partial charge in [-0.05, 0) is 37.4 Å². The molecular formula is C15H34O3Si. The van der Waals surface area contributed by atoms with E-state index in [0.717, 1.165) is 19.3 Å². The highest BCUT2D eigenvalue weighted by Gasteiger charge is 2.39. The Morgan fingerprint density at radius 2 is 1.58 bits per heavy atom. The lowest BCUT2D eigenvalue weighted by Crippen LogP contribution is -2.45. The molecule has 0 amide bonds. The molecular weight excluding hydrogens is 256 g/mol. The van der Waals surface area contributed by atoms with E-state index in [1.54, 1.807) is 0 Å². The van der Waals surface area contributed by atoms with Crippen LogP contribution in [-0.4, -0.2) is 37.8 Å². The number of hydrogen-bond donors (Lipinski definition) is 2. The van der Waals surface area contributed by atoms with Crippen LogP contribution in [0.2, 0.25) is 18.1 Å². The molecule has 0 aromatic rings. The smallest absolute Gasteiger partial charge is 0.192 e. The van der Waals surface area contributed by atoms with Gasteiger partial charge >= 0.3 is 0 Å². The van der Waals surface area contributed by atoms with E-state index in [0.29, 0.717) is 6.61 Å². The van der Waals surface area contributed by atoms with Crippen LogP contribution < -0.4 is 0 Å². The minimum Gasteiger partial charge on any atom is -0.416 e. The third-order valence-electron chi connectivity index (χ3n) is 4.40. The van der Waals surface area contributed by atoms with Crippen molar-refractivity contribution < 1.29 is 14.6 Å². The molecule has 0 saturated heterocycles. The lowest BCUT2D eigenvalue weighted by atomic mass is 9.85. The van der Waals surface area contributed by atoms with Crippen LogP contribution >= 0.6 is 0 Å². The molecule has 3 nitrogen and oxygen atoms in total. The zero-order valence-corrected chi connectivity index (χ0v) is 14.9. The predicted octanol–water partition coefficient (Wildman–Crippen LogP) is 3.56. The molecule has 0 saturated carbocycles. The first-order chi connectivity index (χ1) is 8.44. The fraction of sp³-hybridized carbons (Fsp3) is 1.00. The fourth-order valence-corrected chi connectivity index (χ4v) is 2.69. The van der Waals surface area contributed by atoms with Gasteiger partial charge in [0.25, 0.3) is 0 Å². The average molecular weight is 291 g/mol. The van der Waals surface area contributed by atoms with Gasteiger partial charge in [0.05, 0.1) is 6.10 Å². The molecule has 0 fully saturated rings. The molecule has 0 aromatic heterocycles. The van der Waals surface area contributed by atoms with Gasteiger partial charge in [0.15, 0.2) is 8.32 Å². The van der Waals surface area contributed by atoms with E-state index in [1.165, 1.54) is 0 Å². The molecule has 19 heavy (non-hydrogen) atoms. The highest BCUT2D eigenvalue weighted by atomic mass is 28.4. The number of rotatable bonds is 8. The van der Waals surface area contributed by atoms with E-state index in [-0.39, 0.29) is 23.2 Å². The normalized spacial score (nSPS) is 15.6. The van der Waals surface area contributed by atoms with Crippen molar-refractivity contribution in [1.82, 2.24) is 0 Å². The van der Waals surface area contributed by atoms with E-state index in [1.807, 2.05) is 0 Å². The van der Waals surface area contributed by atoms with Crippen LogP contribution in [0.3, 0.4) is 0 Å². The van der Waals surface area contributed by atoms with Gasteiger partial charge in [-0.3, -0.25) is 0 Å². The van der Waals surface area contributed by atoms with Crippen molar-refractivity contribution in [1.29, 1.82) is 0 Å². The minimum atomic E-state index is -1.75. The molecule has 0 aliphatic carbocycles. The first-order valence-corrected chi connectivity index (χ1v) is 10.3. The summed E-state index contributed by atoms with van der Waals surface area (Å²) in [6, 6.07) is 0. The van der Waals surface area contributed by atoms with Crippen LogP contribution in [0.1, 0.15) is 53.9 Å². The zero-order valence-electron chi connectivity index (χ0n) is 13.9. The van der Waals surface area contributed by atoms with Crippen molar-refractivity contribution in [3.63, 3.8) is 0 Å². The Hall–Kier alpha value is 0.0969. The summed E-state index contributed by atoms with van der Waals surface area (Å²) < 4.78 is 6.22. The molecule has 1 atom stereocenters. The third kappa shape index (κ3) is 6.39. The molecule has 0 heterocycles. The highest BCUT2D eigenvalue weighted by Crippen LogP contribution is 2.38. The molecule has 4 heteroatoms. The van der Waals surface area contributed by atoms with Gasteiger partial charge in [0.1, 0.15) is 0 Å². The Morgan fingerprint density at radius 3 is 2.00 bits per heavy atom. The number of aliphatic hydroxyl groups excluding tert-OH is 2. The van der Waals surface area contributed by atoms with Gasteiger partial charge in [-0.1, -0.05) is 34.6 Å². The summed E-state index contributed by atoms with van der Waals surface area (Å²) in [6.45, 7) is 16.1. The lowest BCUT2D eigenvalue weighted by molar-refractivity contribution is 0.00451. The van der Waals surface area contributed by atoms with Crippen LogP contribution in [0.25, 0.3) is 0 Å². The summed E-state index contributed by atoms with van der Waals surface area (Å²) in [7, 11) is -1.75. The Labute approximate surface area is 120 Å². The van der Waals surface area contributed by atoms with Gasteiger partial charge in [-0.15, -0.1) is 0 Å². The van der Waals surface area contributed by atoms with E-state index in [4.69, 9.17) is 9.53 Å². The Balaban J connectivity index is 4.37. The second-order valence-electron chi connectivity index (χ2n) is 7.77. The van der Waals surface area contributed by atoms with Gasteiger partial charge in [-0.2, -0.15) is 0 Å². The summed E-state index contributed by atoms with van der Waals surface area (Å²) in [6.07, 6.45) is 1.98. The quantitative estimate of drug-likeness (QED) is 0.531. The predicted molar refractivity (Wildman–Crippen MR) is 83.9 cm³/mol. The number of hydrogen-bond acceptors (Lipinski definition) is 3. The first kappa shape index (κ1) is 19.1. The van der Waals surface area contributed by atoms with E-state index in [9.17, 15) is 5.11 Å².